The van der Waals surface area contributed by atoms with Gasteiger partial charge in [-0.25, -0.2) is 17.9 Å². The predicted octanol–water partition coefficient (Wildman–Crippen LogP) is 3.57. The molecule has 0 unspecified atom stereocenters. The summed E-state index contributed by atoms with van der Waals surface area (Å²) >= 11 is 6.11. The molecule has 2 aromatic rings. The average molecular weight is 531 g/mol. The van der Waals surface area contributed by atoms with Gasteiger partial charge in [0.2, 0.25) is 10.0 Å². The van der Waals surface area contributed by atoms with Crippen molar-refractivity contribution >= 4 is 39.0 Å². The third-order valence-electron chi connectivity index (χ3n) is 6.07. The van der Waals surface area contributed by atoms with Crippen LogP contribution in [-0.4, -0.2) is 44.0 Å². The Labute approximate surface area is 204 Å². The van der Waals surface area contributed by atoms with Gasteiger partial charge in [-0.3, -0.25) is 0 Å². The maximum atomic E-state index is 13.4. The number of anilines is 2. The summed E-state index contributed by atoms with van der Waals surface area (Å²) in [6.07, 6.45) is -0.706. The maximum absolute atomic E-state index is 13.4. The van der Waals surface area contributed by atoms with Crippen LogP contribution in [0.2, 0.25) is 5.02 Å². The fourth-order valence-electron chi connectivity index (χ4n) is 4.68. The molecule has 10 nitrogen and oxygen atoms in total. The minimum absolute atomic E-state index is 0.124. The molecule has 3 aliphatic heterocycles. The number of phenols is 1. The number of hydrogen-bond donors (Lipinski definition) is 5. The number of benzene rings is 2. The molecule has 0 saturated carbocycles. The van der Waals surface area contributed by atoms with Crippen LogP contribution in [0.1, 0.15) is 25.7 Å². The van der Waals surface area contributed by atoms with Crippen LogP contribution in [0.5, 0.6) is 17.2 Å². The van der Waals surface area contributed by atoms with Crippen molar-refractivity contribution in [1.82, 2.24) is 10.0 Å². The molecule has 3 aliphatic rings. The summed E-state index contributed by atoms with van der Waals surface area (Å²) in [4.78, 5) is 11.9. The number of urea groups is 1. The molecule has 0 aliphatic carbocycles. The van der Waals surface area contributed by atoms with E-state index in [1.54, 1.807) is 0 Å². The number of carbonyl (C=O) groups is 1. The lowest BCUT2D eigenvalue weighted by Crippen LogP contribution is -2.47. The molecular formula is C21H21ClF2N4O6S. The van der Waals surface area contributed by atoms with E-state index in [-0.39, 0.29) is 46.0 Å². The van der Waals surface area contributed by atoms with Gasteiger partial charge < -0.3 is 30.5 Å². The highest BCUT2D eigenvalue weighted by Gasteiger charge is 2.44. The number of sulfonamides is 1. The minimum Gasteiger partial charge on any atom is -0.504 e. The summed E-state index contributed by atoms with van der Waals surface area (Å²) in [7, 11) is -4.23. The fourth-order valence-corrected chi connectivity index (χ4v) is 6.57. The van der Waals surface area contributed by atoms with Gasteiger partial charge in [0.25, 0.3) is 0 Å². The van der Waals surface area contributed by atoms with Crippen molar-refractivity contribution in [3.8, 4) is 17.2 Å². The Kier molecular flexibility index (Phi) is 5.90. The summed E-state index contributed by atoms with van der Waals surface area (Å²) in [6, 6.07) is 5.52. The van der Waals surface area contributed by atoms with Gasteiger partial charge in [-0.1, -0.05) is 17.7 Å². The van der Waals surface area contributed by atoms with Gasteiger partial charge in [-0.15, -0.1) is 8.78 Å². The number of hydrogen-bond acceptors (Lipinski definition) is 7. The Morgan fingerprint density at radius 2 is 1.77 bits per heavy atom. The van der Waals surface area contributed by atoms with E-state index in [0.29, 0.717) is 12.8 Å². The lowest BCUT2D eigenvalue weighted by atomic mass is 10.0. The molecule has 2 amide bonds. The zero-order valence-corrected chi connectivity index (χ0v) is 19.6. The second-order valence-corrected chi connectivity index (χ2v) is 10.6. The van der Waals surface area contributed by atoms with E-state index < -0.39 is 33.0 Å². The molecule has 0 aromatic heterocycles. The van der Waals surface area contributed by atoms with Gasteiger partial charge in [0.1, 0.15) is 4.90 Å². The number of fused-ring (bicyclic) bond motifs is 3. The maximum Gasteiger partial charge on any atom is 0.586 e. The number of phenolic OH excluding ortho intramolecular Hbond substituents is 1. The van der Waals surface area contributed by atoms with Crippen LogP contribution in [-0.2, 0) is 10.0 Å². The number of piperidine rings is 1. The van der Waals surface area contributed by atoms with E-state index in [0.717, 1.165) is 12.8 Å². The van der Waals surface area contributed by atoms with Gasteiger partial charge in [-0.05, 0) is 49.9 Å². The molecule has 3 heterocycles. The number of aromatic hydroxyl groups is 1. The molecule has 14 heteroatoms. The van der Waals surface area contributed by atoms with Gasteiger partial charge in [0.15, 0.2) is 17.2 Å². The van der Waals surface area contributed by atoms with E-state index in [9.17, 15) is 27.1 Å². The topological polar surface area (TPSA) is 138 Å². The molecule has 2 atom stereocenters. The SMILES string of the molecule is O=C(Nc1ccc(Cl)c(S(=O)(=O)NC2C[C@@H]3CC[C@@H](C2)N3)c1O)Nc1cccc2c1OC(F)(F)O2. The van der Waals surface area contributed by atoms with Crippen molar-refractivity contribution in [2.75, 3.05) is 10.6 Å². The van der Waals surface area contributed by atoms with Gasteiger partial charge >= 0.3 is 12.3 Å². The Hall–Kier alpha value is -2.87. The highest BCUT2D eigenvalue weighted by Crippen LogP contribution is 2.46. The highest BCUT2D eigenvalue weighted by atomic mass is 35.5. The molecule has 5 rings (SSSR count). The number of alkyl halides is 2. The Morgan fingerprint density at radius 3 is 2.49 bits per heavy atom. The summed E-state index contributed by atoms with van der Waals surface area (Å²) < 4.78 is 64.3. The summed E-state index contributed by atoms with van der Waals surface area (Å²) in [5.41, 5.74) is -0.381. The third-order valence-corrected chi connectivity index (χ3v) is 8.09. The van der Waals surface area contributed by atoms with E-state index >= 15 is 0 Å². The molecule has 0 radical (unpaired) electrons. The van der Waals surface area contributed by atoms with E-state index in [1.807, 2.05) is 0 Å². The summed E-state index contributed by atoms with van der Waals surface area (Å²) in [5.74, 6) is -1.41. The minimum atomic E-state index is -4.23. The smallest absolute Gasteiger partial charge is 0.504 e. The highest BCUT2D eigenvalue weighted by molar-refractivity contribution is 7.89. The molecule has 0 spiro atoms. The van der Waals surface area contributed by atoms with Crippen molar-refractivity contribution in [2.45, 2.75) is 55.0 Å². The van der Waals surface area contributed by atoms with Gasteiger partial charge in [0.05, 0.1) is 16.4 Å². The second kappa shape index (κ2) is 8.66. The van der Waals surface area contributed by atoms with Crippen LogP contribution < -0.4 is 30.1 Å². The Bertz CT molecular complexity index is 1280. The molecular weight excluding hydrogens is 510 g/mol. The lowest BCUT2D eigenvalue weighted by molar-refractivity contribution is -0.286. The van der Waals surface area contributed by atoms with Crippen molar-refractivity contribution in [1.29, 1.82) is 0 Å². The standard InChI is InChI=1S/C21H21ClF2N4O6S/c22-13-6-7-14(26-20(30)27-15-2-1-3-16-18(15)34-21(23,24)33-16)17(29)19(13)35(31,32)28-12-8-10-4-5-11(9-12)25-10/h1-3,6-7,10-12,25,28-29H,4-5,8-9H2,(H2,26,27,30)/t10-,11-/m0/s1. The van der Waals surface area contributed by atoms with Crippen molar-refractivity contribution in [3.63, 3.8) is 0 Å². The normalized spacial score (nSPS) is 24.3. The molecule has 2 saturated heterocycles. The van der Waals surface area contributed by atoms with Crippen molar-refractivity contribution < 1.29 is 36.6 Å². The van der Waals surface area contributed by atoms with Gasteiger partial charge in [-0.2, -0.15) is 0 Å². The molecule has 35 heavy (non-hydrogen) atoms. The largest absolute Gasteiger partial charge is 0.586 e. The van der Waals surface area contributed by atoms with Crippen LogP contribution in [0, 0.1) is 0 Å². The molecule has 2 fully saturated rings. The zero-order valence-electron chi connectivity index (χ0n) is 18.0. The molecule has 188 valence electrons. The predicted molar refractivity (Wildman–Crippen MR) is 122 cm³/mol. The average Bonchev–Trinajstić information content (AvgIpc) is 3.27. The quantitative estimate of drug-likeness (QED) is 0.372. The number of para-hydroxylation sites is 1. The Morgan fingerprint density at radius 1 is 1.09 bits per heavy atom. The van der Waals surface area contributed by atoms with Crippen LogP contribution in [0.25, 0.3) is 0 Å². The van der Waals surface area contributed by atoms with E-state index in [4.69, 9.17) is 11.6 Å². The van der Waals surface area contributed by atoms with E-state index in [2.05, 4.69) is 30.1 Å². The number of amides is 2. The molecule has 5 N–H and O–H groups in total. The zero-order chi connectivity index (χ0) is 25.0. The van der Waals surface area contributed by atoms with Crippen LogP contribution in [0.4, 0.5) is 25.0 Å². The number of rotatable bonds is 5. The summed E-state index contributed by atoms with van der Waals surface area (Å²) in [5, 5.41) is 18.5. The fraction of sp³-hybridized carbons (Fsp3) is 0.381. The summed E-state index contributed by atoms with van der Waals surface area (Å²) in [6.45, 7) is 0. The first-order chi connectivity index (χ1) is 16.5. The monoisotopic (exact) mass is 530 g/mol. The number of halogens is 3. The van der Waals surface area contributed by atoms with E-state index in [1.165, 1.54) is 30.3 Å². The van der Waals surface area contributed by atoms with Crippen molar-refractivity contribution in [3.05, 3.63) is 35.4 Å². The van der Waals surface area contributed by atoms with Crippen LogP contribution >= 0.6 is 11.6 Å². The number of ether oxygens (including phenoxy) is 2. The molecule has 2 bridgehead atoms. The first-order valence-electron chi connectivity index (χ1n) is 10.8. The van der Waals surface area contributed by atoms with Gasteiger partial charge in [0, 0.05) is 18.1 Å². The first kappa shape index (κ1) is 23.9. The Balaban J connectivity index is 1.33. The third kappa shape index (κ3) is 4.81. The van der Waals surface area contributed by atoms with Crippen LogP contribution in [0.15, 0.2) is 35.2 Å². The van der Waals surface area contributed by atoms with Crippen molar-refractivity contribution in [2.24, 2.45) is 0 Å². The molecule has 2 aromatic carbocycles. The second-order valence-electron chi connectivity index (χ2n) is 8.58. The number of nitrogens with one attached hydrogen (secondary N) is 4. The first-order valence-corrected chi connectivity index (χ1v) is 12.6. The number of carbonyl (C=O) groups excluding carboxylic acids is 1. The van der Waals surface area contributed by atoms with Crippen LogP contribution in [0.3, 0.4) is 0 Å². The lowest BCUT2D eigenvalue weighted by Gasteiger charge is -2.29.